The maximum absolute atomic E-state index is 12.9. The summed E-state index contributed by atoms with van der Waals surface area (Å²) in [7, 11) is 1.17. The van der Waals surface area contributed by atoms with Crippen molar-refractivity contribution in [2.75, 3.05) is 7.11 Å². The quantitative estimate of drug-likeness (QED) is 0.417. The number of ether oxygens (including phenoxy) is 3. The van der Waals surface area contributed by atoms with Gasteiger partial charge in [0.1, 0.15) is 17.2 Å². The van der Waals surface area contributed by atoms with Gasteiger partial charge in [0, 0.05) is 10.6 Å². The van der Waals surface area contributed by atoms with Gasteiger partial charge in [-0.25, -0.2) is 4.79 Å². The number of carbonyl (C=O) groups excluding carboxylic acids is 1. The summed E-state index contributed by atoms with van der Waals surface area (Å²) < 4.78 is 54.7. The molecule has 8 heteroatoms. The Balaban J connectivity index is 1.80. The summed E-state index contributed by atoms with van der Waals surface area (Å²) in [5.74, 6) is 0.195. The lowest BCUT2D eigenvalue weighted by atomic mass is 10.1. The average molecular weight is 437 g/mol. The molecule has 30 heavy (non-hydrogen) atoms. The van der Waals surface area contributed by atoms with Crippen LogP contribution in [0.1, 0.15) is 17.2 Å². The Morgan fingerprint density at radius 1 is 0.900 bits per heavy atom. The molecule has 0 aliphatic carbocycles. The SMILES string of the molecule is COC(=O)C(Oc1cccc(C(F)(F)F)c1)c1ccc(Oc2ccc(Cl)cc2)cc1. The molecule has 0 saturated carbocycles. The molecular weight excluding hydrogens is 421 g/mol. The zero-order valence-corrected chi connectivity index (χ0v) is 16.4. The van der Waals surface area contributed by atoms with E-state index in [1.807, 2.05) is 0 Å². The molecule has 0 aromatic heterocycles. The van der Waals surface area contributed by atoms with Crippen LogP contribution in [0.2, 0.25) is 5.02 Å². The standard InChI is InChI=1S/C22H16ClF3O4/c1-28-21(27)20(30-19-4-2-3-15(13-19)22(24,25)26)14-5-9-17(10-6-14)29-18-11-7-16(23)8-12-18/h2-13,20H,1H3. The molecular formula is C22H16ClF3O4. The van der Waals surface area contributed by atoms with Crippen LogP contribution in [0, 0.1) is 0 Å². The van der Waals surface area contributed by atoms with Gasteiger partial charge >= 0.3 is 12.1 Å². The monoisotopic (exact) mass is 436 g/mol. The summed E-state index contributed by atoms with van der Waals surface area (Å²) in [6.45, 7) is 0. The first-order valence-corrected chi connectivity index (χ1v) is 9.09. The van der Waals surface area contributed by atoms with E-state index in [9.17, 15) is 18.0 Å². The van der Waals surface area contributed by atoms with Crippen LogP contribution in [0.5, 0.6) is 17.2 Å². The number of alkyl halides is 3. The molecule has 0 spiro atoms. The van der Waals surface area contributed by atoms with Crippen molar-refractivity contribution >= 4 is 17.6 Å². The van der Waals surface area contributed by atoms with Crippen molar-refractivity contribution in [3.05, 3.63) is 88.9 Å². The number of methoxy groups -OCH3 is 1. The molecule has 0 heterocycles. The molecule has 0 bridgehead atoms. The number of halogens is 4. The molecule has 0 aliphatic heterocycles. The lowest BCUT2D eigenvalue weighted by Crippen LogP contribution is -2.20. The summed E-state index contributed by atoms with van der Waals surface area (Å²) in [6, 6.07) is 17.4. The van der Waals surface area contributed by atoms with E-state index in [-0.39, 0.29) is 5.75 Å². The van der Waals surface area contributed by atoms with Gasteiger partial charge in [-0.2, -0.15) is 13.2 Å². The third kappa shape index (κ3) is 5.45. The second-order valence-corrected chi connectivity index (χ2v) is 6.61. The minimum atomic E-state index is -4.53. The molecule has 0 fully saturated rings. The second kappa shape index (κ2) is 9.09. The largest absolute Gasteiger partial charge is 0.474 e. The molecule has 1 unspecified atom stereocenters. The molecule has 0 N–H and O–H groups in total. The van der Waals surface area contributed by atoms with Crippen LogP contribution >= 0.6 is 11.6 Å². The Bertz CT molecular complexity index is 1000. The summed E-state index contributed by atoms with van der Waals surface area (Å²) >= 11 is 5.84. The minimum absolute atomic E-state index is 0.110. The third-order valence-corrected chi connectivity index (χ3v) is 4.31. The predicted molar refractivity (Wildman–Crippen MR) is 105 cm³/mol. The first-order chi connectivity index (χ1) is 14.3. The highest BCUT2D eigenvalue weighted by Gasteiger charge is 2.31. The number of esters is 1. The van der Waals surface area contributed by atoms with Crippen LogP contribution in [0.4, 0.5) is 13.2 Å². The Morgan fingerprint density at radius 2 is 1.50 bits per heavy atom. The van der Waals surface area contributed by atoms with Crippen LogP contribution in [-0.2, 0) is 15.7 Å². The topological polar surface area (TPSA) is 44.8 Å². The van der Waals surface area contributed by atoms with Crippen LogP contribution in [-0.4, -0.2) is 13.1 Å². The summed E-state index contributed by atoms with van der Waals surface area (Å²) in [5.41, 5.74) is -0.488. The van der Waals surface area contributed by atoms with Crippen molar-refractivity contribution in [3.63, 3.8) is 0 Å². The van der Waals surface area contributed by atoms with E-state index in [2.05, 4.69) is 0 Å². The van der Waals surface area contributed by atoms with Crippen molar-refractivity contribution < 1.29 is 32.2 Å². The van der Waals surface area contributed by atoms with Gasteiger partial charge in [-0.3, -0.25) is 0 Å². The zero-order valence-electron chi connectivity index (χ0n) is 15.7. The molecule has 3 aromatic carbocycles. The third-order valence-electron chi connectivity index (χ3n) is 4.06. The molecule has 0 amide bonds. The minimum Gasteiger partial charge on any atom is -0.474 e. The number of carbonyl (C=O) groups is 1. The van der Waals surface area contributed by atoms with E-state index in [4.69, 9.17) is 25.8 Å². The highest BCUT2D eigenvalue weighted by molar-refractivity contribution is 6.30. The van der Waals surface area contributed by atoms with Gasteiger partial charge in [-0.05, 0) is 54.6 Å². The summed E-state index contributed by atoms with van der Waals surface area (Å²) in [6.07, 6.45) is -5.77. The van der Waals surface area contributed by atoms with Crippen molar-refractivity contribution in [3.8, 4) is 17.2 Å². The molecule has 4 nitrogen and oxygen atoms in total. The predicted octanol–water partition coefficient (Wildman–Crippen LogP) is 6.44. The van der Waals surface area contributed by atoms with Crippen LogP contribution < -0.4 is 9.47 Å². The Labute approximate surface area is 175 Å². The fourth-order valence-corrected chi connectivity index (χ4v) is 2.72. The van der Waals surface area contributed by atoms with Gasteiger partial charge in [-0.1, -0.05) is 29.8 Å². The van der Waals surface area contributed by atoms with Crippen LogP contribution in [0.15, 0.2) is 72.8 Å². The van der Waals surface area contributed by atoms with E-state index in [1.54, 1.807) is 48.5 Å². The summed E-state index contributed by atoms with van der Waals surface area (Å²) in [4.78, 5) is 12.2. The maximum Gasteiger partial charge on any atom is 0.416 e. The van der Waals surface area contributed by atoms with Gasteiger partial charge in [0.05, 0.1) is 12.7 Å². The van der Waals surface area contributed by atoms with Crippen molar-refractivity contribution in [2.45, 2.75) is 12.3 Å². The van der Waals surface area contributed by atoms with Gasteiger partial charge in [-0.15, -0.1) is 0 Å². The molecule has 1 atom stereocenters. The van der Waals surface area contributed by atoms with E-state index in [0.717, 1.165) is 12.1 Å². The average Bonchev–Trinajstić information content (AvgIpc) is 2.73. The van der Waals surface area contributed by atoms with Gasteiger partial charge in [0.25, 0.3) is 0 Å². The van der Waals surface area contributed by atoms with E-state index < -0.39 is 23.8 Å². The van der Waals surface area contributed by atoms with Crippen molar-refractivity contribution in [1.29, 1.82) is 0 Å². The fourth-order valence-electron chi connectivity index (χ4n) is 2.59. The Hall–Kier alpha value is -3.19. The molecule has 3 rings (SSSR count). The Morgan fingerprint density at radius 3 is 2.07 bits per heavy atom. The number of hydrogen-bond acceptors (Lipinski definition) is 4. The van der Waals surface area contributed by atoms with E-state index in [1.165, 1.54) is 19.2 Å². The molecule has 0 radical (unpaired) electrons. The second-order valence-electron chi connectivity index (χ2n) is 6.17. The lowest BCUT2D eigenvalue weighted by Gasteiger charge is -2.18. The first-order valence-electron chi connectivity index (χ1n) is 8.71. The van der Waals surface area contributed by atoms with Gasteiger partial charge in [0.2, 0.25) is 6.10 Å². The lowest BCUT2D eigenvalue weighted by molar-refractivity contribution is -0.149. The van der Waals surface area contributed by atoms with Crippen LogP contribution in [0.3, 0.4) is 0 Å². The fraction of sp³-hybridized carbons (Fsp3) is 0.136. The van der Waals surface area contributed by atoms with Crippen molar-refractivity contribution in [1.82, 2.24) is 0 Å². The van der Waals surface area contributed by atoms with Crippen molar-refractivity contribution in [2.24, 2.45) is 0 Å². The van der Waals surface area contributed by atoms with Crippen LogP contribution in [0.25, 0.3) is 0 Å². The maximum atomic E-state index is 12.9. The molecule has 156 valence electrons. The number of benzene rings is 3. The van der Waals surface area contributed by atoms with E-state index >= 15 is 0 Å². The first kappa shape index (κ1) is 21.5. The highest BCUT2D eigenvalue weighted by Crippen LogP contribution is 2.33. The molecule has 0 aliphatic rings. The van der Waals surface area contributed by atoms with Gasteiger partial charge < -0.3 is 14.2 Å². The zero-order chi connectivity index (χ0) is 21.7. The summed E-state index contributed by atoms with van der Waals surface area (Å²) in [5, 5.41) is 0.574. The smallest absolute Gasteiger partial charge is 0.416 e. The van der Waals surface area contributed by atoms with E-state index in [0.29, 0.717) is 22.1 Å². The number of rotatable bonds is 6. The number of hydrogen-bond donors (Lipinski definition) is 0. The van der Waals surface area contributed by atoms with Gasteiger partial charge in [0.15, 0.2) is 0 Å². The molecule has 0 saturated heterocycles. The molecule has 3 aromatic rings. The highest BCUT2D eigenvalue weighted by atomic mass is 35.5. The Kier molecular flexibility index (Phi) is 6.52. The normalized spacial score (nSPS) is 12.2.